The maximum atomic E-state index is 11.3. The summed E-state index contributed by atoms with van der Waals surface area (Å²) in [5.74, 6) is -2.08. The first-order valence-electron chi connectivity index (χ1n) is 5.27. The van der Waals surface area contributed by atoms with Crippen molar-refractivity contribution in [2.24, 2.45) is 0 Å². The highest BCUT2D eigenvalue weighted by molar-refractivity contribution is 5.87. The fourth-order valence-electron chi connectivity index (χ4n) is 1.31. The lowest BCUT2D eigenvalue weighted by Gasteiger charge is -2.36. The molecule has 0 bridgehead atoms. The van der Waals surface area contributed by atoms with Crippen LogP contribution in [0, 0.1) is 0 Å². The Morgan fingerprint density at radius 2 is 1.87 bits per heavy atom. The molecule has 0 saturated heterocycles. The molecule has 88 valence electrons. The summed E-state index contributed by atoms with van der Waals surface area (Å²) in [4.78, 5) is 13.0. The molecule has 1 atom stereocenters. The van der Waals surface area contributed by atoms with Gasteiger partial charge in [-0.15, -0.1) is 0 Å². The van der Waals surface area contributed by atoms with Crippen LogP contribution in [0.5, 0.6) is 0 Å². The first-order valence-corrected chi connectivity index (χ1v) is 5.27. The van der Waals surface area contributed by atoms with E-state index < -0.39 is 11.9 Å². The molecule has 0 aliphatic heterocycles. The maximum absolute atomic E-state index is 11.3. The van der Waals surface area contributed by atoms with E-state index in [1.54, 1.807) is 18.7 Å². The fourth-order valence-corrected chi connectivity index (χ4v) is 1.31. The van der Waals surface area contributed by atoms with Crippen LogP contribution in [0.15, 0.2) is 12.2 Å². The summed E-state index contributed by atoms with van der Waals surface area (Å²) in [6.45, 7) is 11.8. The number of ether oxygens (including phenoxy) is 1. The molecular weight excluding hydrogens is 194 g/mol. The molecule has 0 aromatic carbocycles. The molecule has 0 fully saturated rings. The van der Waals surface area contributed by atoms with E-state index in [0.717, 1.165) is 0 Å². The van der Waals surface area contributed by atoms with Gasteiger partial charge in [0.05, 0.1) is 0 Å². The summed E-state index contributed by atoms with van der Waals surface area (Å²) in [6.07, 6.45) is 0.327. The summed E-state index contributed by atoms with van der Waals surface area (Å²) in [7, 11) is 0. The van der Waals surface area contributed by atoms with E-state index in [9.17, 15) is 9.90 Å². The molecule has 4 heteroatoms. The predicted molar refractivity (Wildman–Crippen MR) is 59.1 cm³/mol. The molecule has 1 unspecified atom stereocenters. The van der Waals surface area contributed by atoms with E-state index in [0.29, 0.717) is 19.5 Å². The Labute approximate surface area is 91.5 Å². The summed E-state index contributed by atoms with van der Waals surface area (Å²) >= 11 is 0. The van der Waals surface area contributed by atoms with Gasteiger partial charge in [-0.2, -0.15) is 0 Å². The van der Waals surface area contributed by atoms with Gasteiger partial charge in [0.2, 0.25) is 0 Å². The van der Waals surface area contributed by atoms with E-state index in [4.69, 9.17) is 4.74 Å². The molecule has 0 rings (SSSR count). The van der Waals surface area contributed by atoms with Crippen LogP contribution in [0.1, 0.15) is 34.1 Å². The van der Waals surface area contributed by atoms with E-state index in [-0.39, 0.29) is 5.57 Å². The van der Waals surface area contributed by atoms with Crippen molar-refractivity contribution in [3.05, 3.63) is 12.2 Å². The average Bonchev–Trinajstić information content (AvgIpc) is 2.19. The van der Waals surface area contributed by atoms with Gasteiger partial charge < -0.3 is 9.84 Å². The molecule has 1 N–H and O–H groups in total. The lowest BCUT2D eigenvalue weighted by molar-refractivity contribution is -0.275. The number of esters is 1. The molecule has 0 heterocycles. The predicted octanol–water partition coefficient (Wildman–Crippen LogP) is 1.50. The Balaban J connectivity index is 4.69. The largest absolute Gasteiger partial charge is 0.415 e. The molecule has 0 aliphatic rings. The normalized spacial score (nSPS) is 14.8. The van der Waals surface area contributed by atoms with Gasteiger partial charge in [0.15, 0.2) is 0 Å². The van der Waals surface area contributed by atoms with Crippen molar-refractivity contribution >= 4 is 5.97 Å². The summed E-state index contributed by atoms with van der Waals surface area (Å²) in [5, 5.41) is 10.1. The quantitative estimate of drug-likeness (QED) is 0.414. The van der Waals surface area contributed by atoms with Crippen LogP contribution in [-0.4, -0.2) is 35.0 Å². The second kappa shape index (κ2) is 5.88. The molecule has 0 aromatic heterocycles. The van der Waals surface area contributed by atoms with Crippen molar-refractivity contribution in [2.75, 3.05) is 13.1 Å². The fraction of sp³-hybridized carbons (Fsp3) is 0.727. The van der Waals surface area contributed by atoms with Gasteiger partial charge >= 0.3 is 5.97 Å². The Morgan fingerprint density at radius 3 is 2.13 bits per heavy atom. The number of hydrogen-bond acceptors (Lipinski definition) is 4. The van der Waals surface area contributed by atoms with Gasteiger partial charge in [-0.1, -0.05) is 27.4 Å². The zero-order valence-electron chi connectivity index (χ0n) is 10.0. The van der Waals surface area contributed by atoms with E-state index >= 15 is 0 Å². The maximum Gasteiger partial charge on any atom is 0.336 e. The molecule has 15 heavy (non-hydrogen) atoms. The standard InChI is InChI=1S/C11H21NO3/c1-6-11(14,12(7-2)8-3)15-10(13)9(4)5/h14H,4,6-8H2,1-3,5H3. The van der Waals surface area contributed by atoms with Crippen LogP contribution in [0.25, 0.3) is 0 Å². The third kappa shape index (κ3) is 3.64. The van der Waals surface area contributed by atoms with Crippen molar-refractivity contribution in [2.45, 2.75) is 40.0 Å². The summed E-state index contributed by atoms with van der Waals surface area (Å²) in [5.41, 5.74) is 0.286. The molecule has 0 aliphatic carbocycles. The van der Waals surface area contributed by atoms with Crippen molar-refractivity contribution in [3.8, 4) is 0 Å². The van der Waals surface area contributed by atoms with Crippen LogP contribution in [0.3, 0.4) is 0 Å². The first-order chi connectivity index (χ1) is 6.91. The van der Waals surface area contributed by atoms with Crippen LogP contribution < -0.4 is 0 Å². The Kier molecular flexibility index (Phi) is 5.54. The monoisotopic (exact) mass is 215 g/mol. The number of hydrogen-bond donors (Lipinski definition) is 1. The smallest absolute Gasteiger partial charge is 0.336 e. The highest BCUT2D eigenvalue weighted by Crippen LogP contribution is 2.19. The minimum Gasteiger partial charge on any atom is -0.415 e. The average molecular weight is 215 g/mol. The Bertz CT molecular complexity index is 236. The van der Waals surface area contributed by atoms with E-state index in [1.165, 1.54) is 0 Å². The number of rotatable bonds is 6. The number of aliphatic hydroxyl groups is 1. The zero-order chi connectivity index (χ0) is 12.1. The topological polar surface area (TPSA) is 49.8 Å². The van der Waals surface area contributed by atoms with Gasteiger partial charge in [-0.05, 0) is 6.92 Å². The second-order valence-corrected chi connectivity index (χ2v) is 3.44. The highest BCUT2D eigenvalue weighted by atomic mass is 16.7. The molecule has 4 nitrogen and oxygen atoms in total. The number of nitrogens with zero attached hydrogens (tertiary/aromatic N) is 1. The van der Waals surface area contributed by atoms with Crippen LogP contribution in [-0.2, 0) is 9.53 Å². The number of carbonyl (C=O) groups excluding carboxylic acids is 1. The van der Waals surface area contributed by atoms with Crippen molar-refractivity contribution in [1.82, 2.24) is 4.90 Å². The lowest BCUT2D eigenvalue weighted by Crippen LogP contribution is -2.51. The third-order valence-electron chi connectivity index (χ3n) is 2.32. The molecule has 0 aromatic rings. The van der Waals surface area contributed by atoms with Crippen LogP contribution in [0.2, 0.25) is 0 Å². The van der Waals surface area contributed by atoms with Crippen LogP contribution in [0.4, 0.5) is 0 Å². The SMILES string of the molecule is C=C(C)C(=O)OC(O)(CC)N(CC)CC. The molecule has 0 radical (unpaired) electrons. The highest BCUT2D eigenvalue weighted by Gasteiger charge is 2.35. The summed E-state index contributed by atoms with van der Waals surface area (Å²) < 4.78 is 5.04. The van der Waals surface area contributed by atoms with Crippen molar-refractivity contribution in [3.63, 3.8) is 0 Å². The minimum atomic E-state index is -1.51. The molecule has 0 saturated carbocycles. The molecule has 0 spiro atoms. The Morgan fingerprint density at radius 1 is 1.40 bits per heavy atom. The van der Waals surface area contributed by atoms with E-state index in [1.807, 2.05) is 13.8 Å². The number of carbonyl (C=O) groups is 1. The third-order valence-corrected chi connectivity index (χ3v) is 2.32. The molecule has 0 amide bonds. The first kappa shape index (κ1) is 14.1. The second-order valence-electron chi connectivity index (χ2n) is 3.44. The van der Waals surface area contributed by atoms with Crippen LogP contribution >= 0.6 is 0 Å². The van der Waals surface area contributed by atoms with E-state index in [2.05, 4.69) is 6.58 Å². The van der Waals surface area contributed by atoms with Gasteiger partial charge in [-0.25, -0.2) is 9.69 Å². The summed E-state index contributed by atoms with van der Waals surface area (Å²) in [6, 6.07) is 0. The van der Waals surface area contributed by atoms with Gasteiger partial charge in [-0.3, -0.25) is 0 Å². The van der Waals surface area contributed by atoms with Crippen molar-refractivity contribution < 1.29 is 14.6 Å². The lowest BCUT2D eigenvalue weighted by atomic mass is 10.3. The minimum absolute atomic E-state index is 0.286. The van der Waals surface area contributed by atoms with Crippen molar-refractivity contribution in [1.29, 1.82) is 0 Å². The molecular formula is C11H21NO3. The zero-order valence-corrected chi connectivity index (χ0v) is 10.0. The van der Waals surface area contributed by atoms with Gasteiger partial charge in [0.25, 0.3) is 5.91 Å². The Hall–Kier alpha value is -0.870. The van der Waals surface area contributed by atoms with Gasteiger partial charge in [0, 0.05) is 25.1 Å². The van der Waals surface area contributed by atoms with Gasteiger partial charge in [0.1, 0.15) is 0 Å².